The van der Waals surface area contributed by atoms with E-state index in [0.29, 0.717) is 16.5 Å². The molecule has 0 unspecified atom stereocenters. The van der Waals surface area contributed by atoms with Crippen molar-refractivity contribution in [3.05, 3.63) is 28.4 Å². The first kappa shape index (κ1) is 15.4. The van der Waals surface area contributed by atoms with Gasteiger partial charge in [0, 0.05) is 17.8 Å². The number of nitrogens with one attached hydrogen (secondary N) is 2. The van der Waals surface area contributed by atoms with E-state index in [1.165, 1.54) is 11.3 Å². The molecule has 0 radical (unpaired) electrons. The summed E-state index contributed by atoms with van der Waals surface area (Å²) >= 11 is 1.39. The number of hydrogen-bond acceptors (Lipinski definition) is 6. The molecule has 1 amide bonds. The maximum absolute atomic E-state index is 12.3. The third kappa shape index (κ3) is 4.22. The average molecular weight is 305 g/mol. The van der Waals surface area contributed by atoms with E-state index in [1.807, 2.05) is 13.8 Å². The number of carbonyl (C=O) groups is 1. The lowest BCUT2D eigenvalue weighted by Gasteiger charge is -2.08. The van der Waals surface area contributed by atoms with E-state index >= 15 is 0 Å². The van der Waals surface area contributed by atoms with Crippen molar-refractivity contribution in [1.82, 2.24) is 15.2 Å². The molecule has 0 bridgehead atoms. The normalized spacial score (nSPS) is 10.4. The van der Waals surface area contributed by atoms with Gasteiger partial charge in [-0.25, -0.2) is 4.98 Å². The average Bonchev–Trinajstić information content (AvgIpc) is 2.92. The van der Waals surface area contributed by atoms with Crippen molar-refractivity contribution < 1.29 is 4.79 Å². The Balaban J connectivity index is 2.12. The van der Waals surface area contributed by atoms with Crippen LogP contribution in [0.3, 0.4) is 0 Å². The third-order valence-corrected chi connectivity index (χ3v) is 3.74. The number of aryl methyl sites for hydroxylation is 2. The van der Waals surface area contributed by atoms with Crippen molar-refractivity contribution in [3.8, 4) is 0 Å². The molecule has 0 spiro atoms. The topological polar surface area (TPSA) is 79.8 Å². The van der Waals surface area contributed by atoms with Crippen LogP contribution in [0.4, 0.5) is 10.9 Å². The zero-order chi connectivity index (χ0) is 15.2. The Hall–Kier alpha value is -2.02. The summed E-state index contributed by atoms with van der Waals surface area (Å²) in [5.41, 5.74) is 1.36. The molecule has 0 atom stereocenters. The van der Waals surface area contributed by atoms with E-state index in [1.54, 1.807) is 12.1 Å². The maximum Gasteiger partial charge on any atom is 0.257 e. The second kappa shape index (κ2) is 7.12. The fourth-order valence-corrected chi connectivity index (χ4v) is 2.43. The van der Waals surface area contributed by atoms with Crippen LogP contribution in [0, 0.1) is 6.92 Å². The van der Waals surface area contributed by atoms with Crippen LogP contribution in [0.2, 0.25) is 0 Å². The molecule has 2 N–H and O–H groups in total. The minimum atomic E-state index is -0.196. The number of nitrogens with zero attached hydrogens (tertiary/aromatic N) is 3. The Morgan fingerprint density at radius 3 is 2.76 bits per heavy atom. The molecule has 0 fully saturated rings. The summed E-state index contributed by atoms with van der Waals surface area (Å²) in [5, 5.41) is 15.3. The lowest BCUT2D eigenvalue weighted by molar-refractivity contribution is 0.102. The van der Waals surface area contributed by atoms with Crippen LogP contribution in [-0.4, -0.2) is 27.6 Å². The molecular weight excluding hydrogens is 286 g/mol. The molecule has 7 heteroatoms. The first-order valence-electron chi connectivity index (χ1n) is 6.98. The van der Waals surface area contributed by atoms with Gasteiger partial charge in [0.05, 0.1) is 0 Å². The highest BCUT2D eigenvalue weighted by atomic mass is 32.1. The summed E-state index contributed by atoms with van der Waals surface area (Å²) in [6.07, 6.45) is 1.81. The Morgan fingerprint density at radius 1 is 1.29 bits per heavy atom. The Labute approximate surface area is 128 Å². The van der Waals surface area contributed by atoms with Crippen LogP contribution in [0.1, 0.15) is 41.3 Å². The predicted molar refractivity (Wildman–Crippen MR) is 85.0 cm³/mol. The first-order chi connectivity index (χ1) is 10.1. The van der Waals surface area contributed by atoms with Gasteiger partial charge in [-0.1, -0.05) is 25.2 Å². The largest absolute Gasteiger partial charge is 0.370 e. The molecule has 0 saturated carbocycles. The van der Waals surface area contributed by atoms with Crippen LogP contribution in [-0.2, 0) is 6.42 Å². The van der Waals surface area contributed by atoms with Gasteiger partial charge >= 0.3 is 0 Å². The Morgan fingerprint density at radius 2 is 2.10 bits per heavy atom. The number of hydrogen-bond donors (Lipinski definition) is 2. The Bertz CT molecular complexity index is 626. The van der Waals surface area contributed by atoms with Gasteiger partial charge in [-0.2, -0.15) is 0 Å². The monoisotopic (exact) mass is 305 g/mol. The summed E-state index contributed by atoms with van der Waals surface area (Å²) in [5.74, 6) is 0.521. The molecule has 21 heavy (non-hydrogen) atoms. The van der Waals surface area contributed by atoms with E-state index in [0.717, 1.165) is 30.1 Å². The van der Waals surface area contributed by atoms with Gasteiger partial charge in [0.15, 0.2) is 0 Å². The van der Waals surface area contributed by atoms with Gasteiger partial charge in [0.2, 0.25) is 5.13 Å². The Kier molecular flexibility index (Phi) is 5.21. The van der Waals surface area contributed by atoms with Crippen LogP contribution in [0.25, 0.3) is 0 Å². The second-order valence-electron chi connectivity index (χ2n) is 4.62. The van der Waals surface area contributed by atoms with Crippen LogP contribution >= 0.6 is 11.3 Å². The van der Waals surface area contributed by atoms with E-state index in [9.17, 15) is 4.79 Å². The van der Waals surface area contributed by atoms with Crippen molar-refractivity contribution in [2.24, 2.45) is 0 Å². The SMILES string of the molecule is CCCNc1cc(C(=O)Nc2nnc(CC)s2)cc(C)n1. The number of carbonyl (C=O) groups excluding carboxylic acids is 1. The van der Waals surface area contributed by atoms with Crippen molar-refractivity contribution >= 4 is 28.2 Å². The summed E-state index contributed by atoms with van der Waals surface area (Å²) < 4.78 is 0. The van der Waals surface area contributed by atoms with Crippen LogP contribution in [0.5, 0.6) is 0 Å². The summed E-state index contributed by atoms with van der Waals surface area (Å²) in [4.78, 5) is 16.6. The van der Waals surface area contributed by atoms with Gasteiger partial charge in [-0.15, -0.1) is 10.2 Å². The molecule has 0 aliphatic heterocycles. The zero-order valence-electron chi connectivity index (χ0n) is 12.4. The number of amides is 1. The maximum atomic E-state index is 12.3. The van der Waals surface area contributed by atoms with Crippen molar-refractivity contribution in [1.29, 1.82) is 0 Å². The van der Waals surface area contributed by atoms with E-state index in [2.05, 4.69) is 32.7 Å². The summed E-state index contributed by atoms with van der Waals surface area (Å²) in [6.45, 7) is 6.78. The fraction of sp³-hybridized carbons (Fsp3) is 0.429. The van der Waals surface area contributed by atoms with E-state index in [4.69, 9.17) is 0 Å². The van der Waals surface area contributed by atoms with Gasteiger partial charge in [0.1, 0.15) is 10.8 Å². The number of pyridine rings is 1. The molecular formula is C14H19N5OS. The van der Waals surface area contributed by atoms with E-state index < -0.39 is 0 Å². The summed E-state index contributed by atoms with van der Waals surface area (Å²) in [7, 11) is 0. The third-order valence-electron chi connectivity index (χ3n) is 2.76. The lowest BCUT2D eigenvalue weighted by Crippen LogP contribution is -2.13. The molecule has 6 nitrogen and oxygen atoms in total. The molecule has 112 valence electrons. The standard InChI is InChI=1S/C14H19N5OS/c1-4-6-15-11-8-10(7-9(3)16-11)13(20)17-14-19-18-12(5-2)21-14/h7-8H,4-6H2,1-3H3,(H,15,16)(H,17,19,20). The molecule has 2 rings (SSSR count). The minimum Gasteiger partial charge on any atom is -0.370 e. The number of aromatic nitrogens is 3. The van der Waals surface area contributed by atoms with Gasteiger partial charge in [-0.05, 0) is 31.9 Å². The molecule has 2 aromatic heterocycles. The number of rotatable bonds is 6. The van der Waals surface area contributed by atoms with Gasteiger partial charge in [0.25, 0.3) is 5.91 Å². The molecule has 0 aliphatic rings. The van der Waals surface area contributed by atoms with Crippen molar-refractivity contribution in [2.45, 2.75) is 33.6 Å². The number of anilines is 2. The quantitative estimate of drug-likeness (QED) is 0.858. The van der Waals surface area contributed by atoms with Crippen molar-refractivity contribution in [3.63, 3.8) is 0 Å². The van der Waals surface area contributed by atoms with Gasteiger partial charge in [-0.3, -0.25) is 10.1 Å². The van der Waals surface area contributed by atoms with Crippen molar-refractivity contribution in [2.75, 3.05) is 17.2 Å². The molecule has 2 aromatic rings. The minimum absolute atomic E-state index is 0.196. The molecule has 0 aromatic carbocycles. The molecule has 0 saturated heterocycles. The zero-order valence-corrected chi connectivity index (χ0v) is 13.3. The summed E-state index contributed by atoms with van der Waals surface area (Å²) in [6, 6.07) is 3.51. The van der Waals surface area contributed by atoms with Crippen LogP contribution < -0.4 is 10.6 Å². The van der Waals surface area contributed by atoms with Crippen LogP contribution in [0.15, 0.2) is 12.1 Å². The second-order valence-corrected chi connectivity index (χ2v) is 5.68. The predicted octanol–water partition coefficient (Wildman–Crippen LogP) is 2.88. The smallest absolute Gasteiger partial charge is 0.257 e. The van der Waals surface area contributed by atoms with E-state index in [-0.39, 0.29) is 5.91 Å². The molecule has 2 heterocycles. The highest BCUT2D eigenvalue weighted by Gasteiger charge is 2.11. The first-order valence-corrected chi connectivity index (χ1v) is 7.80. The molecule has 0 aliphatic carbocycles. The highest BCUT2D eigenvalue weighted by molar-refractivity contribution is 7.15. The van der Waals surface area contributed by atoms with Gasteiger partial charge < -0.3 is 5.32 Å². The fourth-order valence-electron chi connectivity index (χ4n) is 1.76. The lowest BCUT2D eigenvalue weighted by atomic mass is 10.2. The highest BCUT2D eigenvalue weighted by Crippen LogP contribution is 2.17.